The molecule has 0 fully saturated rings. The Morgan fingerprint density at radius 3 is 2.71 bits per heavy atom. The van der Waals surface area contributed by atoms with Gasteiger partial charge in [0.05, 0.1) is 19.8 Å². The van der Waals surface area contributed by atoms with E-state index >= 15 is 0 Å². The molecule has 0 heterocycles. The van der Waals surface area contributed by atoms with Crippen LogP contribution in [0.3, 0.4) is 0 Å². The smallest absolute Gasteiger partial charge is 0.122 e. The van der Waals surface area contributed by atoms with Crippen LogP contribution < -0.4 is 10.5 Å². The lowest BCUT2D eigenvalue weighted by molar-refractivity contribution is 0.267. The summed E-state index contributed by atoms with van der Waals surface area (Å²) in [6.45, 7) is 1.88. The summed E-state index contributed by atoms with van der Waals surface area (Å²) in [7, 11) is 1.62. The average Bonchev–Trinajstić information content (AvgIpc) is 2.17. The van der Waals surface area contributed by atoms with Crippen LogP contribution in [0.25, 0.3) is 0 Å². The van der Waals surface area contributed by atoms with E-state index in [0.717, 1.165) is 21.3 Å². The minimum absolute atomic E-state index is 0.0786. The van der Waals surface area contributed by atoms with Gasteiger partial charge in [-0.25, -0.2) is 0 Å². The second-order valence-corrected chi connectivity index (χ2v) is 3.99. The highest BCUT2D eigenvalue weighted by atomic mass is 79.9. The first-order valence-corrected chi connectivity index (χ1v) is 5.10. The van der Waals surface area contributed by atoms with E-state index in [1.807, 2.05) is 19.1 Å². The van der Waals surface area contributed by atoms with Gasteiger partial charge in [0.15, 0.2) is 0 Å². The molecule has 0 aliphatic heterocycles. The minimum Gasteiger partial charge on any atom is -0.496 e. The molecule has 0 radical (unpaired) electrons. The summed E-state index contributed by atoms with van der Waals surface area (Å²) >= 11 is 3.41. The van der Waals surface area contributed by atoms with Gasteiger partial charge in [0.25, 0.3) is 0 Å². The molecule has 4 heteroatoms. The predicted molar refractivity (Wildman–Crippen MR) is 59.4 cm³/mol. The van der Waals surface area contributed by atoms with E-state index in [9.17, 15) is 0 Å². The number of hydrogen-bond donors (Lipinski definition) is 2. The van der Waals surface area contributed by atoms with Gasteiger partial charge in [0, 0.05) is 4.47 Å². The SMILES string of the molecule is COc1cc(C(N)CO)c(Br)cc1C. The lowest BCUT2D eigenvalue weighted by Crippen LogP contribution is -2.15. The third kappa shape index (κ3) is 2.26. The molecule has 3 nitrogen and oxygen atoms in total. The van der Waals surface area contributed by atoms with E-state index in [1.165, 1.54) is 0 Å². The van der Waals surface area contributed by atoms with Crippen molar-refractivity contribution in [2.45, 2.75) is 13.0 Å². The molecular weight excluding hydrogens is 246 g/mol. The predicted octanol–water partition coefficient (Wildman–Crippen LogP) is 1.76. The molecule has 0 spiro atoms. The summed E-state index contributed by atoms with van der Waals surface area (Å²) in [6.07, 6.45) is 0. The van der Waals surface area contributed by atoms with Crippen molar-refractivity contribution in [2.24, 2.45) is 5.73 Å². The molecule has 1 aromatic carbocycles. The van der Waals surface area contributed by atoms with Crippen LogP contribution in [-0.4, -0.2) is 18.8 Å². The van der Waals surface area contributed by atoms with Crippen LogP contribution in [0.4, 0.5) is 0 Å². The van der Waals surface area contributed by atoms with Crippen molar-refractivity contribution in [3.8, 4) is 5.75 Å². The van der Waals surface area contributed by atoms with Crippen molar-refractivity contribution >= 4 is 15.9 Å². The fraction of sp³-hybridized carbons (Fsp3) is 0.400. The summed E-state index contributed by atoms with van der Waals surface area (Å²) in [6, 6.07) is 3.41. The van der Waals surface area contributed by atoms with Gasteiger partial charge in [-0.3, -0.25) is 0 Å². The summed E-state index contributed by atoms with van der Waals surface area (Å²) in [5.74, 6) is 0.784. The second kappa shape index (κ2) is 4.77. The number of methoxy groups -OCH3 is 1. The van der Waals surface area contributed by atoms with Crippen LogP contribution in [-0.2, 0) is 0 Å². The molecule has 0 saturated carbocycles. The molecule has 78 valence electrons. The van der Waals surface area contributed by atoms with Gasteiger partial charge in [-0.05, 0) is 30.2 Å². The lowest BCUT2D eigenvalue weighted by Gasteiger charge is -2.14. The molecular formula is C10H14BrNO2. The monoisotopic (exact) mass is 259 g/mol. The largest absolute Gasteiger partial charge is 0.496 e. The van der Waals surface area contributed by atoms with Gasteiger partial charge < -0.3 is 15.6 Å². The number of hydrogen-bond acceptors (Lipinski definition) is 3. The van der Waals surface area contributed by atoms with Crippen LogP contribution in [0, 0.1) is 6.92 Å². The van der Waals surface area contributed by atoms with Crippen LogP contribution in [0.1, 0.15) is 17.2 Å². The Bertz CT molecular complexity index is 328. The van der Waals surface area contributed by atoms with E-state index in [1.54, 1.807) is 7.11 Å². The van der Waals surface area contributed by atoms with E-state index in [2.05, 4.69) is 15.9 Å². The summed E-state index contributed by atoms with van der Waals surface area (Å²) in [4.78, 5) is 0. The zero-order valence-corrected chi connectivity index (χ0v) is 9.84. The Kier molecular flexibility index (Phi) is 3.92. The first kappa shape index (κ1) is 11.5. The zero-order chi connectivity index (χ0) is 10.7. The van der Waals surface area contributed by atoms with Crippen LogP contribution in [0.5, 0.6) is 5.75 Å². The van der Waals surface area contributed by atoms with E-state index in [0.29, 0.717) is 0 Å². The Labute approximate surface area is 92.0 Å². The topological polar surface area (TPSA) is 55.5 Å². The number of nitrogens with two attached hydrogens (primary N) is 1. The van der Waals surface area contributed by atoms with Crippen molar-refractivity contribution in [3.63, 3.8) is 0 Å². The van der Waals surface area contributed by atoms with Crippen molar-refractivity contribution in [1.82, 2.24) is 0 Å². The molecule has 1 unspecified atom stereocenters. The second-order valence-electron chi connectivity index (χ2n) is 3.13. The molecule has 1 aromatic rings. The first-order chi connectivity index (χ1) is 6.60. The quantitative estimate of drug-likeness (QED) is 0.870. The van der Waals surface area contributed by atoms with Gasteiger partial charge in [-0.2, -0.15) is 0 Å². The fourth-order valence-electron chi connectivity index (χ4n) is 1.27. The number of aliphatic hydroxyl groups is 1. The van der Waals surface area contributed by atoms with Gasteiger partial charge >= 0.3 is 0 Å². The number of ether oxygens (including phenoxy) is 1. The molecule has 3 N–H and O–H groups in total. The Morgan fingerprint density at radius 2 is 2.21 bits per heavy atom. The molecule has 14 heavy (non-hydrogen) atoms. The van der Waals surface area contributed by atoms with Crippen molar-refractivity contribution < 1.29 is 9.84 Å². The van der Waals surface area contributed by atoms with Crippen molar-refractivity contribution in [3.05, 3.63) is 27.7 Å². The Balaban J connectivity index is 3.17. The molecule has 0 saturated heterocycles. The first-order valence-electron chi connectivity index (χ1n) is 4.30. The average molecular weight is 260 g/mol. The third-order valence-corrected chi connectivity index (χ3v) is 2.80. The molecule has 1 atom stereocenters. The maximum absolute atomic E-state index is 8.96. The summed E-state index contributed by atoms with van der Waals surface area (Å²) < 4.78 is 6.08. The van der Waals surface area contributed by atoms with Crippen molar-refractivity contribution in [1.29, 1.82) is 0 Å². The maximum atomic E-state index is 8.96. The highest BCUT2D eigenvalue weighted by Gasteiger charge is 2.11. The molecule has 0 aliphatic rings. The molecule has 0 bridgehead atoms. The maximum Gasteiger partial charge on any atom is 0.122 e. The molecule has 0 amide bonds. The van der Waals surface area contributed by atoms with Gasteiger partial charge in [-0.15, -0.1) is 0 Å². The molecule has 1 rings (SSSR count). The van der Waals surface area contributed by atoms with Gasteiger partial charge in [0.2, 0.25) is 0 Å². The highest BCUT2D eigenvalue weighted by molar-refractivity contribution is 9.10. The van der Waals surface area contributed by atoms with Gasteiger partial charge in [0.1, 0.15) is 5.75 Å². The van der Waals surface area contributed by atoms with Crippen molar-refractivity contribution in [2.75, 3.05) is 13.7 Å². The minimum atomic E-state index is -0.376. The highest BCUT2D eigenvalue weighted by Crippen LogP contribution is 2.29. The fourth-order valence-corrected chi connectivity index (χ4v) is 2.02. The normalized spacial score (nSPS) is 12.6. The number of aryl methyl sites for hydroxylation is 1. The number of rotatable bonds is 3. The third-order valence-electron chi connectivity index (χ3n) is 2.11. The van der Waals surface area contributed by atoms with Crippen LogP contribution >= 0.6 is 15.9 Å². The Hall–Kier alpha value is -0.580. The van der Waals surface area contributed by atoms with E-state index < -0.39 is 0 Å². The summed E-state index contributed by atoms with van der Waals surface area (Å²) in [5.41, 5.74) is 7.63. The molecule has 0 aliphatic carbocycles. The standard InChI is InChI=1S/C10H14BrNO2/c1-6-3-8(11)7(9(12)5-13)4-10(6)14-2/h3-4,9,13H,5,12H2,1-2H3. The van der Waals surface area contributed by atoms with E-state index in [4.69, 9.17) is 15.6 Å². The van der Waals surface area contributed by atoms with E-state index in [-0.39, 0.29) is 12.6 Å². The number of benzene rings is 1. The molecule has 0 aromatic heterocycles. The van der Waals surface area contributed by atoms with Crippen LogP contribution in [0.2, 0.25) is 0 Å². The Morgan fingerprint density at radius 1 is 1.57 bits per heavy atom. The zero-order valence-electron chi connectivity index (χ0n) is 8.25. The van der Waals surface area contributed by atoms with Crippen LogP contribution in [0.15, 0.2) is 16.6 Å². The number of halogens is 1. The summed E-state index contributed by atoms with van der Waals surface area (Å²) in [5, 5.41) is 8.96. The number of aliphatic hydroxyl groups excluding tert-OH is 1. The lowest BCUT2D eigenvalue weighted by atomic mass is 10.1. The van der Waals surface area contributed by atoms with Gasteiger partial charge in [-0.1, -0.05) is 15.9 Å².